The van der Waals surface area contributed by atoms with E-state index in [4.69, 9.17) is 17.2 Å². The van der Waals surface area contributed by atoms with Crippen LogP contribution < -0.4 is 27.8 Å². The SMILES string of the molecule is NCCN(CCN)C(=O)CC(N)C(=O)NC(CCc1ccccc1)C(=O)NCc1ccc(C2=CC=CC2)cc1. The van der Waals surface area contributed by atoms with Crippen LogP contribution in [0, 0.1) is 0 Å². The van der Waals surface area contributed by atoms with Crippen molar-refractivity contribution in [2.75, 3.05) is 26.2 Å². The zero-order chi connectivity index (χ0) is 28.0. The Balaban J connectivity index is 1.60. The lowest BCUT2D eigenvalue weighted by molar-refractivity contribution is -0.135. The van der Waals surface area contributed by atoms with Gasteiger partial charge in [0.1, 0.15) is 6.04 Å². The number of carbonyl (C=O) groups is 3. The van der Waals surface area contributed by atoms with Crippen molar-refractivity contribution in [1.82, 2.24) is 15.5 Å². The number of carbonyl (C=O) groups excluding carboxylic acids is 3. The van der Waals surface area contributed by atoms with Gasteiger partial charge in [0.05, 0.1) is 12.5 Å². The summed E-state index contributed by atoms with van der Waals surface area (Å²) in [6.45, 7) is 1.56. The fourth-order valence-corrected chi connectivity index (χ4v) is 4.40. The molecule has 0 bridgehead atoms. The third kappa shape index (κ3) is 9.47. The first-order chi connectivity index (χ1) is 18.9. The molecule has 2 atom stereocenters. The summed E-state index contributed by atoms with van der Waals surface area (Å²) in [7, 11) is 0. The van der Waals surface area contributed by atoms with Crippen LogP contribution in [0.4, 0.5) is 0 Å². The lowest BCUT2D eigenvalue weighted by atomic mass is 10.0. The third-order valence-electron chi connectivity index (χ3n) is 6.64. The lowest BCUT2D eigenvalue weighted by Crippen LogP contribution is -2.53. The molecule has 0 aliphatic heterocycles. The zero-order valence-electron chi connectivity index (χ0n) is 22.4. The molecule has 0 heterocycles. The highest BCUT2D eigenvalue weighted by molar-refractivity contribution is 5.92. The maximum absolute atomic E-state index is 13.2. The smallest absolute Gasteiger partial charge is 0.242 e. The number of hydrogen-bond acceptors (Lipinski definition) is 6. The van der Waals surface area contributed by atoms with E-state index in [9.17, 15) is 14.4 Å². The number of rotatable bonds is 15. The Labute approximate surface area is 230 Å². The summed E-state index contributed by atoms with van der Waals surface area (Å²) >= 11 is 0. The summed E-state index contributed by atoms with van der Waals surface area (Å²) < 4.78 is 0. The van der Waals surface area contributed by atoms with E-state index in [-0.39, 0.29) is 31.3 Å². The molecular weight excluding hydrogens is 492 g/mol. The van der Waals surface area contributed by atoms with Crippen molar-refractivity contribution in [2.45, 2.75) is 44.3 Å². The number of nitrogens with zero attached hydrogens (tertiary/aromatic N) is 1. The molecule has 0 spiro atoms. The molecule has 0 radical (unpaired) electrons. The molecule has 1 aliphatic carbocycles. The van der Waals surface area contributed by atoms with Crippen molar-refractivity contribution in [1.29, 1.82) is 0 Å². The number of aryl methyl sites for hydroxylation is 1. The summed E-state index contributed by atoms with van der Waals surface area (Å²) in [5, 5.41) is 5.70. The van der Waals surface area contributed by atoms with Crippen LogP contribution in [0.2, 0.25) is 0 Å². The molecule has 3 amide bonds. The quantitative estimate of drug-likeness (QED) is 0.232. The van der Waals surface area contributed by atoms with Crippen LogP contribution in [0.3, 0.4) is 0 Å². The molecule has 2 unspecified atom stereocenters. The average molecular weight is 533 g/mol. The van der Waals surface area contributed by atoms with Crippen LogP contribution in [0.15, 0.2) is 72.8 Å². The van der Waals surface area contributed by atoms with E-state index >= 15 is 0 Å². The van der Waals surface area contributed by atoms with Gasteiger partial charge in [-0.25, -0.2) is 0 Å². The van der Waals surface area contributed by atoms with Crippen molar-refractivity contribution in [3.05, 3.63) is 89.5 Å². The summed E-state index contributed by atoms with van der Waals surface area (Å²) in [5.74, 6) is -1.16. The largest absolute Gasteiger partial charge is 0.350 e. The van der Waals surface area contributed by atoms with Crippen molar-refractivity contribution in [3.63, 3.8) is 0 Å². The molecular formula is C30H40N6O3. The van der Waals surface area contributed by atoms with Gasteiger partial charge < -0.3 is 32.7 Å². The second-order valence-corrected chi connectivity index (χ2v) is 9.59. The summed E-state index contributed by atoms with van der Waals surface area (Å²) in [6, 6.07) is 15.9. The van der Waals surface area contributed by atoms with Gasteiger partial charge in [0.2, 0.25) is 17.7 Å². The van der Waals surface area contributed by atoms with Crippen molar-refractivity contribution in [3.8, 4) is 0 Å². The van der Waals surface area contributed by atoms with Gasteiger partial charge in [0, 0.05) is 32.7 Å². The number of hydrogen-bond donors (Lipinski definition) is 5. The molecule has 2 aromatic carbocycles. The summed E-state index contributed by atoms with van der Waals surface area (Å²) in [4.78, 5) is 40.2. The molecule has 0 saturated heterocycles. The first-order valence-electron chi connectivity index (χ1n) is 13.4. The molecule has 1 aliphatic rings. The van der Waals surface area contributed by atoms with Gasteiger partial charge in [-0.2, -0.15) is 0 Å². The first-order valence-corrected chi connectivity index (χ1v) is 13.4. The van der Waals surface area contributed by atoms with Crippen LogP contribution in [0.1, 0.15) is 36.0 Å². The van der Waals surface area contributed by atoms with Gasteiger partial charge in [-0.05, 0) is 41.5 Å². The minimum Gasteiger partial charge on any atom is -0.350 e. The van der Waals surface area contributed by atoms with E-state index in [1.54, 1.807) is 0 Å². The van der Waals surface area contributed by atoms with Crippen LogP contribution in [0.5, 0.6) is 0 Å². The number of amides is 3. The van der Waals surface area contributed by atoms with E-state index in [1.165, 1.54) is 10.5 Å². The van der Waals surface area contributed by atoms with E-state index in [0.717, 1.165) is 23.1 Å². The maximum Gasteiger partial charge on any atom is 0.242 e. The van der Waals surface area contributed by atoms with Crippen LogP contribution in [-0.2, 0) is 27.3 Å². The normalized spacial score (nSPS) is 13.9. The van der Waals surface area contributed by atoms with E-state index in [2.05, 4.69) is 22.8 Å². The Kier molecular flexibility index (Phi) is 11.9. The average Bonchev–Trinajstić information content (AvgIpc) is 3.49. The fourth-order valence-electron chi connectivity index (χ4n) is 4.40. The van der Waals surface area contributed by atoms with E-state index in [0.29, 0.717) is 32.5 Å². The minimum atomic E-state index is -1.10. The molecule has 3 rings (SSSR count). The second-order valence-electron chi connectivity index (χ2n) is 9.59. The van der Waals surface area contributed by atoms with E-state index < -0.39 is 18.0 Å². The van der Waals surface area contributed by atoms with Gasteiger partial charge >= 0.3 is 0 Å². The Morgan fingerprint density at radius 1 is 0.897 bits per heavy atom. The highest BCUT2D eigenvalue weighted by atomic mass is 16.2. The Hall–Kier alpha value is -3.79. The highest BCUT2D eigenvalue weighted by Crippen LogP contribution is 2.23. The minimum absolute atomic E-state index is 0.197. The third-order valence-corrected chi connectivity index (χ3v) is 6.64. The van der Waals surface area contributed by atoms with Crippen molar-refractivity contribution >= 4 is 23.3 Å². The first kappa shape index (κ1) is 29.8. The van der Waals surface area contributed by atoms with E-state index in [1.807, 2.05) is 60.7 Å². The predicted octanol–water partition coefficient (Wildman–Crippen LogP) is 1.23. The monoisotopic (exact) mass is 532 g/mol. The number of nitrogens with one attached hydrogen (secondary N) is 2. The van der Waals surface area contributed by atoms with Gasteiger partial charge in [-0.15, -0.1) is 0 Å². The van der Waals surface area contributed by atoms with Crippen molar-refractivity contribution in [2.24, 2.45) is 17.2 Å². The van der Waals surface area contributed by atoms with Crippen LogP contribution in [-0.4, -0.2) is 60.9 Å². The summed E-state index contributed by atoms with van der Waals surface area (Å²) in [5.41, 5.74) is 21.7. The Morgan fingerprint density at radius 3 is 2.21 bits per heavy atom. The van der Waals surface area contributed by atoms with Gasteiger partial charge in [-0.1, -0.05) is 72.8 Å². The zero-order valence-corrected chi connectivity index (χ0v) is 22.4. The molecule has 39 heavy (non-hydrogen) atoms. The lowest BCUT2D eigenvalue weighted by Gasteiger charge is -2.24. The molecule has 9 nitrogen and oxygen atoms in total. The fraction of sp³-hybridized carbons (Fsp3) is 0.367. The summed E-state index contributed by atoms with van der Waals surface area (Å²) in [6.07, 6.45) is 7.96. The topological polar surface area (TPSA) is 157 Å². The van der Waals surface area contributed by atoms with Gasteiger partial charge in [-0.3, -0.25) is 14.4 Å². The molecule has 0 saturated carbocycles. The molecule has 0 fully saturated rings. The number of benzene rings is 2. The second kappa shape index (κ2) is 15.6. The maximum atomic E-state index is 13.2. The molecule has 0 aromatic heterocycles. The number of allylic oxidation sites excluding steroid dienone is 4. The molecule has 9 heteroatoms. The predicted molar refractivity (Wildman–Crippen MR) is 154 cm³/mol. The molecule has 208 valence electrons. The Morgan fingerprint density at radius 2 is 1.59 bits per heavy atom. The highest BCUT2D eigenvalue weighted by Gasteiger charge is 2.26. The van der Waals surface area contributed by atoms with Crippen LogP contribution in [0.25, 0.3) is 5.57 Å². The number of nitrogens with two attached hydrogens (primary N) is 3. The van der Waals surface area contributed by atoms with Gasteiger partial charge in [0.25, 0.3) is 0 Å². The van der Waals surface area contributed by atoms with Gasteiger partial charge in [0.15, 0.2) is 0 Å². The standard InChI is InChI=1S/C30H40N6O3/c31-16-18-36(19-17-32)28(37)20-26(33)29(38)35-27(15-12-22-6-2-1-3-7-22)30(39)34-21-23-10-13-25(14-11-23)24-8-4-5-9-24/h1-8,10-11,13-14,26-27H,9,12,15-21,31-33H2,(H,34,39)(H,35,38). The molecule has 2 aromatic rings. The Bertz CT molecular complexity index is 1140. The van der Waals surface area contributed by atoms with Crippen molar-refractivity contribution < 1.29 is 14.4 Å². The van der Waals surface area contributed by atoms with Crippen LogP contribution >= 0.6 is 0 Å². The molecule has 8 N–H and O–H groups in total.